The summed E-state index contributed by atoms with van der Waals surface area (Å²) in [4.78, 5) is 28.3. The second-order valence-corrected chi connectivity index (χ2v) is 11.6. The monoisotopic (exact) mass is 477 g/mol. The van der Waals surface area contributed by atoms with Crippen molar-refractivity contribution in [2.24, 2.45) is 17.8 Å². The van der Waals surface area contributed by atoms with Gasteiger partial charge in [0.1, 0.15) is 6.04 Å². The van der Waals surface area contributed by atoms with Crippen LogP contribution in [-0.4, -0.2) is 50.8 Å². The summed E-state index contributed by atoms with van der Waals surface area (Å²) in [5.74, 6) is 0.134. The third-order valence-electron chi connectivity index (χ3n) is 6.98. The molecular weight excluding hydrogens is 438 g/mol. The molecule has 1 aliphatic heterocycles. The molecule has 1 saturated heterocycles. The van der Waals surface area contributed by atoms with Crippen molar-refractivity contribution in [3.8, 4) is 0 Å². The Kier molecular flexibility index (Phi) is 9.32. The molecule has 0 bridgehead atoms. The van der Waals surface area contributed by atoms with Gasteiger partial charge in [0, 0.05) is 25.6 Å². The molecule has 7 nitrogen and oxygen atoms in total. The average molecular weight is 478 g/mol. The first-order chi connectivity index (χ1) is 15.8. The fourth-order valence-corrected chi connectivity index (χ4v) is 5.95. The minimum Gasteiger partial charge on any atom is -0.344 e. The highest BCUT2D eigenvalue weighted by atomic mass is 32.2. The van der Waals surface area contributed by atoms with E-state index >= 15 is 0 Å². The number of carbonyl (C=O) groups is 2. The first kappa shape index (κ1) is 25.7. The molecule has 0 radical (unpaired) electrons. The van der Waals surface area contributed by atoms with Gasteiger partial charge in [-0.3, -0.25) is 9.59 Å². The standard InChI is InChI=1S/C25H39N3O4S/c1-19(2)23(25(30)28-16-8-3-4-9-17-28)27-24(29)21-14-12-20(13-15-21)18-26-33(31,32)22-10-6-5-7-11-22/h5-7,10-11,19-21,23,26H,3-4,8-9,12-18H2,1-2H3,(H,27,29). The van der Waals surface area contributed by atoms with Crippen LogP contribution >= 0.6 is 0 Å². The zero-order valence-corrected chi connectivity index (χ0v) is 20.8. The maximum Gasteiger partial charge on any atom is 0.245 e. The average Bonchev–Trinajstić information content (AvgIpc) is 3.11. The molecule has 0 spiro atoms. The van der Waals surface area contributed by atoms with Gasteiger partial charge in [0.15, 0.2) is 0 Å². The third kappa shape index (κ3) is 7.27. The van der Waals surface area contributed by atoms with E-state index in [2.05, 4.69) is 10.0 Å². The van der Waals surface area contributed by atoms with E-state index < -0.39 is 16.1 Å². The zero-order chi connectivity index (χ0) is 23.8. The lowest BCUT2D eigenvalue weighted by atomic mass is 9.81. The smallest absolute Gasteiger partial charge is 0.245 e. The molecule has 2 amide bonds. The molecule has 1 aromatic carbocycles. The van der Waals surface area contributed by atoms with Gasteiger partial charge in [-0.2, -0.15) is 0 Å². The lowest BCUT2D eigenvalue weighted by Gasteiger charge is -2.32. The van der Waals surface area contributed by atoms with E-state index in [1.54, 1.807) is 30.3 Å². The molecular formula is C25H39N3O4S. The third-order valence-corrected chi connectivity index (χ3v) is 8.42. The van der Waals surface area contributed by atoms with Crippen molar-refractivity contribution in [2.75, 3.05) is 19.6 Å². The van der Waals surface area contributed by atoms with Crippen LogP contribution in [0.25, 0.3) is 0 Å². The lowest BCUT2D eigenvalue weighted by molar-refractivity contribution is -0.139. The summed E-state index contributed by atoms with van der Waals surface area (Å²) in [5.41, 5.74) is 0. The van der Waals surface area contributed by atoms with Crippen LogP contribution in [0, 0.1) is 17.8 Å². The fourth-order valence-electron chi connectivity index (χ4n) is 4.81. The molecule has 2 fully saturated rings. The van der Waals surface area contributed by atoms with Gasteiger partial charge in [-0.25, -0.2) is 13.1 Å². The Labute approximate surface area is 198 Å². The predicted octanol–water partition coefficient (Wildman–Crippen LogP) is 3.31. The van der Waals surface area contributed by atoms with Crippen molar-refractivity contribution < 1.29 is 18.0 Å². The quantitative estimate of drug-likeness (QED) is 0.600. The second-order valence-electron chi connectivity index (χ2n) is 9.85. The largest absolute Gasteiger partial charge is 0.344 e. The fraction of sp³-hybridized carbons (Fsp3) is 0.680. The van der Waals surface area contributed by atoms with E-state index in [1.807, 2.05) is 18.7 Å². The number of amides is 2. The maximum absolute atomic E-state index is 13.1. The van der Waals surface area contributed by atoms with E-state index in [9.17, 15) is 18.0 Å². The Bertz CT molecular complexity index is 872. The van der Waals surface area contributed by atoms with Crippen LogP contribution in [0.1, 0.15) is 65.2 Å². The highest BCUT2D eigenvalue weighted by Gasteiger charge is 2.33. The molecule has 8 heteroatoms. The predicted molar refractivity (Wildman–Crippen MR) is 129 cm³/mol. The Morgan fingerprint density at radius 1 is 0.970 bits per heavy atom. The van der Waals surface area contributed by atoms with Crippen LogP contribution < -0.4 is 10.0 Å². The summed E-state index contributed by atoms with van der Waals surface area (Å²) in [6.45, 7) is 5.91. The van der Waals surface area contributed by atoms with Crippen LogP contribution in [0.4, 0.5) is 0 Å². The number of rotatable bonds is 8. The Hall–Kier alpha value is -1.93. The first-order valence-corrected chi connectivity index (χ1v) is 13.9. The molecule has 1 aromatic rings. The van der Waals surface area contributed by atoms with Crippen molar-refractivity contribution in [1.29, 1.82) is 0 Å². The summed E-state index contributed by atoms with van der Waals surface area (Å²) >= 11 is 0. The topological polar surface area (TPSA) is 95.6 Å². The van der Waals surface area contributed by atoms with Gasteiger partial charge in [-0.1, -0.05) is 44.9 Å². The number of likely N-dealkylation sites (tertiary alicyclic amines) is 1. The molecule has 33 heavy (non-hydrogen) atoms. The van der Waals surface area contributed by atoms with Crippen LogP contribution in [0.3, 0.4) is 0 Å². The summed E-state index contributed by atoms with van der Waals surface area (Å²) in [6, 6.07) is 7.90. The molecule has 2 N–H and O–H groups in total. The zero-order valence-electron chi connectivity index (χ0n) is 20.0. The number of hydrogen-bond donors (Lipinski definition) is 2. The minimum absolute atomic E-state index is 0.0356. The van der Waals surface area contributed by atoms with E-state index in [0.717, 1.165) is 51.6 Å². The maximum atomic E-state index is 13.1. The van der Waals surface area contributed by atoms with Crippen LogP contribution in [0.15, 0.2) is 35.2 Å². The first-order valence-electron chi connectivity index (χ1n) is 12.4. The number of sulfonamides is 1. The number of nitrogens with one attached hydrogen (secondary N) is 2. The number of benzene rings is 1. The molecule has 1 heterocycles. The van der Waals surface area contributed by atoms with Gasteiger partial charge < -0.3 is 10.2 Å². The second kappa shape index (κ2) is 12.0. The highest BCUT2D eigenvalue weighted by Crippen LogP contribution is 2.29. The van der Waals surface area contributed by atoms with E-state index in [1.165, 1.54) is 0 Å². The number of hydrogen-bond acceptors (Lipinski definition) is 4. The van der Waals surface area contributed by atoms with Gasteiger partial charge in [-0.05, 0) is 62.5 Å². The molecule has 3 rings (SSSR count). The van der Waals surface area contributed by atoms with Crippen LogP contribution in [0.2, 0.25) is 0 Å². The van der Waals surface area contributed by atoms with Crippen molar-refractivity contribution >= 4 is 21.8 Å². The molecule has 1 atom stereocenters. The minimum atomic E-state index is -3.51. The molecule has 184 valence electrons. The lowest BCUT2D eigenvalue weighted by Crippen LogP contribution is -2.53. The van der Waals surface area contributed by atoms with E-state index in [4.69, 9.17) is 0 Å². The van der Waals surface area contributed by atoms with Gasteiger partial charge >= 0.3 is 0 Å². The summed E-state index contributed by atoms with van der Waals surface area (Å²) < 4.78 is 27.6. The highest BCUT2D eigenvalue weighted by molar-refractivity contribution is 7.89. The van der Waals surface area contributed by atoms with Gasteiger partial charge in [0.05, 0.1) is 4.90 Å². The van der Waals surface area contributed by atoms with Crippen molar-refractivity contribution in [3.63, 3.8) is 0 Å². The number of nitrogens with zero attached hydrogens (tertiary/aromatic N) is 1. The van der Waals surface area contributed by atoms with Crippen LogP contribution in [-0.2, 0) is 19.6 Å². The van der Waals surface area contributed by atoms with Crippen molar-refractivity contribution in [2.45, 2.75) is 76.2 Å². The summed E-state index contributed by atoms with van der Waals surface area (Å²) in [5, 5.41) is 3.05. The van der Waals surface area contributed by atoms with Crippen LogP contribution in [0.5, 0.6) is 0 Å². The van der Waals surface area contributed by atoms with E-state index in [-0.39, 0.29) is 34.5 Å². The molecule has 1 unspecified atom stereocenters. The Balaban J connectivity index is 1.48. The van der Waals surface area contributed by atoms with Crippen molar-refractivity contribution in [1.82, 2.24) is 14.9 Å². The van der Waals surface area contributed by atoms with Gasteiger partial charge in [-0.15, -0.1) is 0 Å². The SMILES string of the molecule is CC(C)C(NC(=O)C1CCC(CNS(=O)(=O)c2ccccc2)CC1)C(=O)N1CCCCCC1. The van der Waals surface area contributed by atoms with Gasteiger partial charge in [0.2, 0.25) is 21.8 Å². The Morgan fingerprint density at radius 3 is 2.15 bits per heavy atom. The molecule has 1 aliphatic carbocycles. The summed E-state index contributed by atoms with van der Waals surface area (Å²) in [6.07, 6.45) is 7.40. The molecule has 2 aliphatic rings. The van der Waals surface area contributed by atoms with Crippen molar-refractivity contribution in [3.05, 3.63) is 30.3 Å². The molecule has 1 saturated carbocycles. The number of carbonyl (C=O) groups excluding carboxylic acids is 2. The molecule has 0 aromatic heterocycles. The normalized spacial score (nSPS) is 23.1. The van der Waals surface area contributed by atoms with Gasteiger partial charge in [0.25, 0.3) is 0 Å². The van der Waals surface area contributed by atoms with E-state index in [0.29, 0.717) is 19.4 Å². The summed E-state index contributed by atoms with van der Waals surface area (Å²) in [7, 11) is -3.51. The Morgan fingerprint density at radius 2 is 1.58 bits per heavy atom.